The summed E-state index contributed by atoms with van der Waals surface area (Å²) in [5, 5.41) is 3.58. The van der Waals surface area contributed by atoms with E-state index in [-0.39, 0.29) is 17.0 Å². The molecule has 18 heavy (non-hydrogen) atoms. The second-order valence-electron chi connectivity index (χ2n) is 6.12. The molecule has 2 atom stereocenters. The lowest BCUT2D eigenvalue weighted by molar-refractivity contribution is 0.00486. The van der Waals surface area contributed by atoms with Crippen molar-refractivity contribution in [2.75, 3.05) is 18.8 Å². The monoisotopic (exact) mass is 272 g/mol. The fourth-order valence-electron chi connectivity index (χ4n) is 2.71. The summed E-state index contributed by atoms with van der Waals surface area (Å²) in [4.78, 5) is 14.2. The van der Waals surface area contributed by atoms with Gasteiger partial charge in [0.25, 0.3) is 0 Å². The van der Waals surface area contributed by atoms with Crippen molar-refractivity contribution in [3.8, 4) is 0 Å². The fraction of sp³-hybridized carbons (Fsp3) is 0.923. The molecule has 1 N–H and O–H groups in total. The van der Waals surface area contributed by atoms with Gasteiger partial charge in [0, 0.05) is 18.8 Å². The van der Waals surface area contributed by atoms with Crippen molar-refractivity contribution in [3.63, 3.8) is 0 Å². The van der Waals surface area contributed by atoms with Gasteiger partial charge < -0.3 is 15.0 Å². The smallest absolute Gasteiger partial charge is 0.410 e. The number of nitrogens with one attached hydrogen (secondary N) is 1. The van der Waals surface area contributed by atoms with Crippen LogP contribution in [-0.2, 0) is 4.74 Å². The molecule has 1 spiro atoms. The highest BCUT2D eigenvalue weighted by Gasteiger charge is 2.46. The van der Waals surface area contributed by atoms with Crippen molar-refractivity contribution in [3.05, 3.63) is 0 Å². The molecule has 0 aromatic heterocycles. The number of thioether (sulfide) groups is 1. The van der Waals surface area contributed by atoms with Crippen molar-refractivity contribution in [1.82, 2.24) is 10.2 Å². The summed E-state index contributed by atoms with van der Waals surface area (Å²) < 4.78 is 5.50. The molecule has 2 saturated heterocycles. The molecular weight excluding hydrogens is 248 g/mol. The maximum absolute atomic E-state index is 12.2. The van der Waals surface area contributed by atoms with Gasteiger partial charge in [0.15, 0.2) is 0 Å². The molecule has 2 unspecified atom stereocenters. The molecule has 2 rings (SSSR count). The number of nitrogens with zero attached hydrogens (tertiary/aromatic N) is 1. The first-order chi connectivity index (χ1) is 8.34. The molecule has 2 aliphatic heterocycles. The van der Waals surface area contributed by atoms with Crippen LogP contribution in [0.4, 0.5) is 4.79 Å². The summed E-state index contributed by atoms with van der Waals surface area (Å²) in [7, 11) is 0. The second-order valence-corrected chi connectivity index (χ2v) is 7.54. The number of piperidine rings is 1. The normalized spacial score (nSPS) is 32.9. The first-order valence-corrected chi connectivity index (χ1v) is 7.71. The van der Waals surface area contributed by atoms with E-state index in [2.05, 4.69) is 12.2 Å². The fourth-order valence-corrected chi connectivity index (χ4v) is 4.14. The number of hydrogen-bond donors (Lipinski definition) is 1. The molecular formula is C13H24N2O2S. The zero-order valence-electron chi connectivity index (χ0n) is 11.8. The number of carbonyl (C=O) groups is 1. The van der Waals surface area contributed by atoms with Crippen LogP contribution < -0.4 is 5.32 Å². The van der Waals surface area contributed by atoms with E-state index in [0.29, 0.717) is 0 Å². The Morgan fingerprint density at radius 3 is 2.78 bits per heavy atom. The van der Waals surface area contributed by atoms with E-state index >= 15 is 0 Å². The number of ether oxygens (including phenoxy) is 1. The SMILES string of the molecule is CC1N(C(=O)OC(C)(C)C)CCCC12NCCS2. The maximum Gasteiger partial charge on any atom is 0.410 e. The highest BCUT2D eigenvalue weighted by Crippen LogP contribution is 2.40. The lowest BCUT2D eigenvalue weighted by Crippen LogP contribution is -2.60. The summed E-state index contributed by atoms with van der Waals surface area (Å²) in [5.74, 6) is 1.13. The van der Waals surface area contributed by atoms with Gasteiger partial charge in [-0.2, -0.15) is 0 Å². The second kappa shape index (κ2) is 4.93. The minimum Gasteiger partial charge on any atom is -0.444 e. The van der Waals surface area contributed by atoms with Gasteiger partial charge >= 0.3 is 6.09 Å². The van der Waals surface area contributed by atoms with E-state index in [1.165, 1.54) is 0 Å². The standard InChI is InChI=1S/C13H24N2O2S/c1-10-13(14-7-9-18-13)6-5-8-15(10)11(16)17-12(2,3)4/h10,14H,5-9H2,1-4H3. The van der Waals surface area contributed by atoms with Crippen molar-refractivity contribution in [2.24, 2.45) is 0 Å². The van der Waals surface area contributed by atoms with Crippen molar-refractivity contribution in [1.29, 1.82) is 0 Å². The third-order valence-electron chi connectivity index (χ3n) is 3.60. The zero-order valence-corrected chi connectivity index (χ0v) is 12.6. The van der Waals surface area contributed by atoms with Gasteiger partial charge in [0.05, 0.1) is 10.9 Å². The van der Waals surface area contributed by atoms with Crippen LogP contribution in [0.25, 0.3) is 0 Å². The molecule has 2 heterocycles. The average Bonchev–Trinajstić information content (AvgIpc) is 2.69. The zero-order chi connectivity index (χ0) is 13.4. The number of hydrogen-bond acceptors (Lipinski definition) is 4. The summed E-state index contributed by atoms with van der Waals surface area (Å²) in [6.45, 7) is 9.72. The van der Waals surface area contributed by atoms with E-state index in [0.717, 1.165) is 31.7 Å². The quantitative estimate of drug-likeness (QED) is 0.735. The molecule has 0 radical (unpaired) electrons. The van der Waals surface area contributed by atoms with E-state index in [4.69, 9.17) is 4.74 Å². The summed E-state index contributed by atoms with van der Waals surface area (Å²) >= 11 is 1.95. The molecule has 1 amide bonds. The van der Waals surface area contributed by atoms with E-state index < -0.39 is 5.60 Å². The molecule has 2 aliphatic rings. The largest absolute Gasteiger partial charge is 0.444 e. The van der Waals surface area contributed by atoms with Crippen molar-refractivity contribution in [2.45, 2.75) is 57.1 Å². The predicted molar refractivity (Wildman–Crippen MR) is 74.8 cm³/mol. The van der Waals surface area contributed by atoms with Gasteiger partial charge in [-0.15, -0.1) is 11.8 Å². The topological polar surface area (TPSA) is 41.6 Å². The Morgan fingerprint density at radius 2 is 2.22 bits per heavy atom. The summed E-state index contributed by atoms with van der Waals surface area (Å²) in [6.07, 6.45) is 2.00. The number of amides is 1. The molecule has 0 aromatic rings. The van der Waals surface area contributed by atoms with Gasteiger partial charge in [-0.05, 0) is 40.5 Å². The van der Waals surface area contributed by atoms with Crippen LogP contribution >= 0.6 is 11.8 Å². The molecule has 4 nitrogen and oxygen atoms in total. The van der Waals surface area contributed by atoms with E-state index in [1.54, 1.807) is 0 Å². The maximum atomic E-state index is 12.2. The Labute approximate surface area is 114 Å². The van der Waals surface area contributed by atoms with Crippen molar-refractivity contribution >= 4 is 17.9 Å². The Bertz CT molecular complexity index is 321. The number of rotatable bonds is 0. The first kappa shape index (κ1) is 14.0. The molecule has 0 bridgehead atoms. The summed E-state index contributed by atoms with van der Waals surface area (Å²) in [6, 6.07) is 0.189. The van der Waals surface area contributed by atoms with Crippen LogP contribution in [0.1, 0.15) is 40.5 Å². The number of carbonyl (C=O) groups excluding carboxylic acids is 1. The lowest BCUT2D eigenvalue weighted by Gasteiger charge is -2.46. The molecule has 104 valence electrons. The molecule has 0 aliphatic carbocycles. The Balaban J connectivity index is 2.06. The molecule has 0 saturated carbocycles. The molecule has 0 aromatic carbocycles. The van der Waals surface area contributed by atoms with Gasteiger partial charge in [-0.25, -0.2) is 4.79 Å². The first-order valence-electron chi connectivity index (χ1n) is 6.73. The van der Waals surface area contributed by atoms with E-state index in [1.807, 2.05) is 37.4 Å². The van der Waals surface area contributed by atoms with Crippen LogP contribution in [0, 0.1) is 0 Å². The van der Waals surface area contributed by atoms with Gasteiger partial charge in [0.2, 0.25) is 0 Å². The Hall–Kier alpha value is -0.420. The Kier molecular flexibility index (Phi) is 3.83. The van der Waals surface area contributed by atoms with Crippen LogP contribution in [0.5, 0.6) is 0 Å². The average molecular weight is 272 g/mol. The van der Waals surface area contributed by atoms with E-state index in [9.17, 15) is 4.79 Å². The van der Waals surface area contributed by atoms with Gasteiger partial charge in [0.1, 0.15) is 5.60 Å². The minimum atomic E-state index is -0.419. The lowest BCUT2D eigenvalue weighted by atomic mass is 9.97. The number of likely N-dealkylation sites (tertiary alicyclic amines) is 1. The minimum absolute atomic E-state index is 0.0507. The van der Waals surface area contributed by atoms with Gasteiger partial charge in [-0.1, -0.05) is 0 Å². The van der Waals surface area contributed by atoms with Crippen molar-refractivity contribution < 1.29 is 9.53 Å². The van der Waals surface area contributed by atoms with Crippen LogP contribution in [0.3, 0.4) is 0 Å². The molecule has 2 fully saturated rings. The Morgan fingerprint density at radius 1 is 1.50 bits per heavy atom. The van der Waals surface area contributed by atoms with Crippen LogP contribution in [-0.4, -0.2) is 46.3 Å². The molecule has 5 heteroatoms. The third kappa shape index (κ3) is 2.77. The van der Waals surface area contributed by atoms with Gasteiger partial charge in [-0.3, -0.25) is 0 Å². The highest BCUT2D eigenvalue weighted by atomic mass is 32.2. The van der Waals surface area contributed by atoms with Crippen LogP contribution in [0.15, 0.2) is 0 Å². The van der Waals surface area contributed by atoms with Crippen LogP contribution in [0.2, 0.25) is 0 Å². The highest BCUT2D eigenvalue weighted by molar-refractivity contribution is 8.00. The summed E-state index contributed by atoms with van der Waals surface area (Å²) in [5.41, 5.74) is -0.419. The predicted octanol–water partition coefficient (Wildman–Crippen LogP) is 2.44. The third-order valence-corrected chi connectivity index (χ3v) is 5.22.